The minimum Gasteiger partial charge on any atom is -0.497 e. The van der Waals surface area contributed by atoms with E-state index in [1.165, 1.54) is 25.6 Å². The van der Waals surface area contributed by atoms with Gasteiger partial charge >= 0.3 is 0 Å². The molecule has 144 valence electrons. The van der Waals surface area contributed by atoms with E-state index in [2.05, 4.69) is 22.5 Å². The highest BCUT2D eigenvalue weighted by molar-refractivity contribution is 6.06. The lowest BCUT2D eigenvalue weighted by Gasteiger charge is -2.12. The highest BCUT2D eigenvalue weighted by Crippen LogP contribution is 2.29. The highest BCUT2D eigenvalue weighted by Gasteiger charge is 2.14. The molecule has 7 heteroatoms. The largest absolute Gasteiger partial charge is 0.497 e. The van der Waals surface area contributed by atoms with Gasteiger partial charge in [0.15, 0.2) is 0 Å². The van der Waals surface area contributed by atoms with Gasteiger partial charge in [0.05, 0.1) is 31.0 Å². The predicted octanol–water partition coefficient (Wildman–Crippen LogP) is 3.27. The number of ether oxygens (including phenoxy) is 2. The summed E-state index contributed by atoms with van der Waals surface area (Å²) in [6.45, 7) is 2.70. The Balaban J connectivity index is 2.10. The molecule has 7 nitrogen and oxygen atoms in total. The van der Waals surface area contributed by atoms with Gasteiger partial charge in [-0.1, -0.05) is 19.8 Å². The maximum atomic E-state index is 12.6. The minimum absolute atomic E-state index is 0.243. The van der Waals surface area contributed by atoms with E-state index in [9.17, 15) is 9.59 Å². The number of methoxy groups -OCH3 is 2. The van der Waals surface area contributed by atoms with Crippen LogP contribution >= 0.6 is 0 Å². The lowest BCUT2D eigenvalue weighted by Crippen LogP contribution is -2.25. The van der Waals surface area contributed by atoms with Crippen LogP contribution in [-0.4, -0.2) is 37.6 Å². The van der Waals surface area contributed by atoms with Crippen molar-refractivity contribution < 1.29 is 19.1 Å². The molecule has 0 saturated carbocycles. The number of anilines is 1. The second-order valence-electron chi connectivity index (χ2n) is 5.95. The third-order valence-corrected chi connectivity index (χ3v) is 3.98. The van der Waals surface area contributed by atoms with Gasteiger partial charge in [-0.15, -0.1) is 0 Å². The number of unbranched alkanes of at least 4 members (excludes halogenated alkanes) is 2. The fourth-order valence-corrected chi connectivity index (χ4v) is 2.47. The van der Waals surface area contributed by atoms with Gasteiger partial charge < -0.3 is 20.1 Å². The third-order valence-electron chi connectivity index (χ3n) is 3.98. The van der Waals surface area contributed by atoms with E-state index < -0.39 is 5.91 Å². The number of nitrogens with one attached hydrogen (secondary N) is 2. The summed E-state index contributed by atoms with van der Waals surface area (Å²) in [5, 5.41) is 5.60. The van der Waals surface area contributed by atoms with Crippen molar-refractivity contribution in [1.82, 2.24) is 10.3 Å². The molecular weight excluding hydrogens is 346 g/mol. The molecule has 0 aliphatic heterocycles. The zero-order valence-corrected chi connectivity index (χ0v) is 15.9. The van der Waals surface area contributed by atoms with E-state index in [4.69, 9.17) is 9.47 Å². The van der Waals surface area contributed by atoms with Gasteiger partial charge in [-0.05, 0) is 24.6 Å². The summed E-state index contributed by atoms with van der Waals surface area (Å²) in [7, 11) is 3.06. The van der Waals surface area contributed by atoms with Crippen molar-refractivity contribution >= 4 is 17.5 Å². The van der Waals surface area contributed by atoms with E-state index >= 15 is 0 Å². The number of carbonyl (C=O) groups excluding carboxylic acids is 2. The van der Waals surface area contributed by atoms with Crippen molar-refractivity contribution in [2.75, 3.05) is 26.1 Å². The fourth-order valence-electron chi connectivity index (χ4n) is 2.47. The molecule has 2 rings (SSSR count). The number of hydrogen-bond acceptors (Lipinski definition) is 5. The molecule has 0 bridgehead atoms. The molecule has 2 aromatic rings. The number of amides is 2. The summed E-state index contributed by atoms with van der Waals surface area (Å²) in [5.74, 6) is 0.452. The smallest absolute Gasteiger partial charge is 0.257 e. The number of rotatable bonds is 9. The summed E-state index contributed by atoms with van der Waals surface area (Å²) in [5.41, 5.74) is 1.09. The van der Waals surface area contributed by atoms with Crippen molar-refractivity contribution in [3.63, 3.8) is 0 Å². The summed E-state index contributed by atoms with van der Waals surface area (Å²) in [6.07, 6.45) is 5.92. The van der Waals surface area contributed by atoms with Gasteiger partial charge in [-0.2, -0.15) is 0 Å². The van der Waals surface area contributed by atoms with Crippen molar-refractivity contribution in [2.45, 2.75) is 26.2 Å². The third kappa shape index (κ3) is 5.70. The zero-order chi connectivity index (χ0) is 19.6. The quantitative estimate of drug-likeness (QED) is 0.660. The number of carbonyl (C=O) groups is 2. The molecule has 0 aliphatic carbocycles. The normalized spacial score (nSPS) is 10.2. The lowest BCUT2D eigenvalue weighted by atomic mass is 10.1. The summed E-state index contributed by atoms with van der Waals surface area (Å²) in [4.78, 5) is 28.8. The first-order chi connectivity index (χ1) is 13.1. The Morgan fingerprint density at radius 1 is 1.00 bits per heavy atom. The topological polar surface area (TPSA) is 89.6 Å². The average molecular weight is 371 g/mol. The SMILES string of the molecule is CCCCCNC(=O)c1cncc(C(=O)Nc2cc(OC)ccc2OC)c1. The van der Waals surface area contributed by atoms with Gasteiger partial charge in [-0.3, -0.25) is 14.6 Å². The Morgan fingerprint density at radius 2 is 1.74 bits per heavy atom. The van der Waals surface area contributed by atoms with E-state index in [1.54, 1.807) is 25.3 Å². The first-order valence-electron chi connectivity index (χ1n) is 8.85. The molecule has 0 radical (unpaired) electrons. The molecule has 27 heavy (non-hydrogen) atoms. The Hall–Kier alpha value is -3.09. The van der Waals surface area contributed by atoms with Gasteiger partial charge in [0.1, 0.15) is 11.5 Å². The van der Waals surface area contributed by atoms with Crippen LogP contribution in [0.4, 0.5) is 5.69 Å². The number of hydrogen-bond donors (Lipinski definition) is 2. The van der Waals surface area contributed by atoms with Crippen molar-refractivity contribution in [2.24, 2.45) is 0 Å². The van der Waals surface area contributed by atoms with Crippen LogP contribution in [0.5, 0.6) is 11.5 Å². The molecule has 1 aromatic carbocycles. The molecular formula is C20H25N3O4. The Kier molecular flexibility index (Phi) is 7.61. The standard InChI is InChI=1S/C20H25N3O4/c1-4-5-6-9-22-19(24)14-10-15(13-21-12-14)20(25)23-17-11-16(26-2)7-8-18(17)27-3/h7-8,10-13H,4-6,9H2,1-3H3,(H,22,24)(H,23,25). The van der Waals surface area contributed by atoms with Crippen LogP contribution < -0.4 is 20.1 Å². The lowest BCUT2D eigenvalue weighted by molar-refractivity contribution is 0.0952. The molecule has 0 unspecified atom stereocenters. The molecule has 2 N–H and O–H groups in total. The minimum atomic E-state index is -0.394. The molecule has 0 aliphatic rings. The average Bonchev–Trinajstić information content (AvgIpc) is 2.71. The maximum absolute atomic E-state index is 12.6. The fraction of sp³-hybridized carbons (Fsp3) is 0.350. The summed E-state index contributed by atoms with van der Waals surface area (Å²) >= 11 is 0. The number of pyridine rings is 1. The van der Waals surface area contributed by atoms with Crippen LogP contribution in [-0.2, 0) is 0 Å². The Bertz CT molecular complexity index is 793. The first-order valence-corrected chi connectivity index (χ1v) is 8.85. The van der Waals surface area contributed by atoms with Gasteiger partial charge in [0.25, 0.3) is 11.8 Å². The molecule has 0 fully saturated rings. The molecule has 1 aromatic heterocycles. The second kappa shape index (κ2) is 10.2. The second-order valence-corrected chi connectivity index (χ2v) is 5.95. The van der Waals surface area contributed by atoms with Crippen LogP contribution in [0.2, 0.25) is 0 Å². The molecule has 2 amide bonds. The van der Waals surface area contributed by atoms with Crippen LogP contribution in [0.3, 0.4) is 0 Å². The Morgan fingerprint density at radius 3 is 2.41 bits per heavy atom. The van der Waals surface area contributed by atoms with Gasteiger partial charge in [-0.25, -0.2) is 0 Å². The molecule has 0 atom stereocenters. The first kappa shape index (κ1) is 20.2. The van der Waals surface area contributed by atoms with Crippen molar-refractivity contribution in [3.8, 4) is 11.5 Å². The van der Waals surface area contributed by atoms with Crippen molar-refractivity contribution in [1.29, 1.82) is 0 Å². The summed E-state index contributed by atoms with van der Waals surface area (Å²) < 4.78 is 10.4. The molecule has 1 heterocycles. The van der Waals surface area contributed by atoms with E-state index in [-0.39, 0.29) is 11.5 Å². The van der Waals surface area contributed by atoms with Gasteiger partial charge in [0.2, 0.25) is 0 Å². The number of nitrogens with zero attached hydrogens (tertiary/aromatic N) is 1. The predicted molar refractivity (Wildman–Crippen MR) is 104 cm³/mol. The van der Waals surface area contributed by atoms with Crippen LogP contribution in [0.1, 0.15) is 46.9 Å². The molecule has 0 spiro atoms. The zero-order valence-electron chi connectivity index (χ0n) is 15.9. The van der Waals surface area contributed by atoms with Crippen LogP contribution in [0.15, 0.2) is 36.7 Å². The van der Waals surface area contributed by atoms with Crippen LogP contribution in [0.25, 0.3) is 0 Å². The monoisotopic (exact) mass is 371 g/mol. The number of aromatic nitrogens is 1. The maximum Gasteiger partial charge on any atom is 0.257 e. The van der Waals surface area contributed by atoms with E-state index in [0.29, 0.717) is 29.3 Å². The van der Waals surface area contributed by atoms with E-state index in [1.807, 2.05) is 0 Å². The Labute approximate surface area is 159 Å². The number of benzene rings is 1. The van der Waals surface area contributed by atoms with Crippen LogP contribution in [0, 0.1) is 0 Å². The highest BCUT2D eigenvalue weighted by atomic mass is 16.5. The summed E-state index contributed by atoms with van der Waals surface area (Å²) in [6, 6.07) is 6.62. The van der Waals surface area contributed by atoms with Gasteiger partial charge in [0, 0.05) is 25.0 Å². The molecule has 0 saturated heterocycles. The van der Waals surface area contributed by atoms with Crippen molar-refractivity contribution in [3.05, 3.63) is 47.8 Å². The van der Waals surface area contributed by atoms with E-state index in [0.717, 1.165) is 19.3 Å².